The number of fused-ring (bicyclic) bond motifs is 1. The third-order valence-electron chi connectivity index (χ3n) is 2.49. The van der Waals surface area contributed by atoms with Gasteiger partial charge in [-0.1, -0.05) is 39.0 Å². The minimum atomic E-state index is 0.353. The highest BCUT2D eigenvalue weighted by Crippen LogP contribution is 2.26. The van der Waals surface area contributed by atoms with Crippen molar-refractivity contribution in [3.63, 3.8) is 0 Å². The first kappa shape index (κ1) is 9.45. The molecule has 0 atom stereocenters. The van der Waals surface area contributed by atoms with Gasteiger partial charge in [-0.25, -0.2) is 0 Å². The average Bonchev–Trinajstić information content (AvgIpc) is 2.49. The van der Waals surface area contributed by atoms with Crippen LogP contribution in [-0.4, -0.2) is 6.21 Å². The normalized spacial score (nSPS) is 14.5. The van der Waals surface area contributed by atoms with Gasteiger partial charge in [0.1, 0.15) is 0 Å². The number of benzene rings is 1. The third kappa shape index (κ3) is 1.87. The zero-order chi connectivity index (χ0) is 10.2. The molecule has 1 aliphatic rings. The summed E-state index contributed by atoms with van der Waals surface area (Å²) in [6.07, 6.45) is 3.15. The van der Waals surface area contributed by atoms with E-state index in [2.05, 4.69) is 44.0 Å². The van der Waals surface area contributed by atoms with E-state index in [0.717, 1.165) is 13.0 Å². The van der Waals surface area contributed by atoms with Crippen LogP contribution in [0.1, 0.15) is 37.5 Å². The number of rotatable bonds is 1. The predicted octanol–water partition coefficient (Wildman–Crippen LogP) is 3.21. The van der Waals surface area contributed by atoms with Crippen LogP contribution in [0.25, 0.3) is 0 Å². The fourth-order valence-electron chi connectivity index (χ4n) is 1.93. The van der Waals surface area contributed by atoms with Gasteiger partial charge in [0.2, 0.25) is 0 Å². The zero-order valence-electron chi connectivity index (χ0n) is 9.17. The zero-order valence-corrected chi connectivity index (χ0v) is 9.17. The van der Waals surface area contributed by atoms with E-state index < -0.39 is 0 Å². The van der Waals surface area contributed by atoms with Crippen LogP contribution in [0.3, 0.4) is 0 Å². The Hall–Kier alpha value is -1.11. The van der Waals surface area contributed by atoms with Gasteiger partial charge < -0.3 is 0 Å². The van der Waals surface area contributed by atoms with E-state index >= 15 is 0 Å². The van der Waals surface area contributed by atoms with Gasteiger partial charge in [0, 0.05) is 11.8 Å². The molecule has 1 aromatic carbocycles. The average molecular weight is 187 g/mol. The third-order valence-corrected chi connectivity index (χ3v) is 2.49. The molecule has 0 bridgehead atoms. The topological polar surface area (TPSA) is 12.4 Å². The Bertz CT molecular complexity index is 369. The Morgan fingerprint density at radius 1 is 1.29 bits per heavy atom. The number of nitrogens with zero attached hydrogens (tertiary/aromatic N) is 1. The van der Waals surface area contributed by atoms with Crippen LogP contribution in [0.2, 0.25) is 0 Å². The molecule has 1 aliphatic heterocycles. The molecule has 1 heteroatoms. The summed E-state index contributed by atoms with van der Waals surface area (Å²) < 4.78 is 0. The minimum Gasteiger partial charge on any atom is -0.288 e. The molecule has 1 nitrogen and oxygen atoms in total. The monoisotopic (exact) mass is 187 g/mol. The van der Waals surface area contributed by atoms with Crippen LogP contribution in [0, 0.1) is 5.41 Å². The Kier molecular flexibility index (Phi) is 2.18. The van der Waals surface area contributed by atoms with E-state index in [1.54, 1.807) is 0 Å². The first-order chi connectivity index (χ1) is 6.56. The van der Waals surface area contributed by atoms with Crippen LogP contribution in [0.5, 0.6) is 0 Å². The minimum absolute atomic E-state index is 0.353. The van der Waals surface area contributed by atoms with Crippen LogP contribution >= 0.6 is 0 Å². The lowest BCUT2D eigenvalue weighted by Crippen LogP contribution is -2.11. The molecule has 0 amide bonds. The summed E-state index contributed by atoms with van der Waals surface area (Å²) in [6.45, 7) is 7.70. The smallest absolute Gasteiger partial charge is 0.0646 e. The molecule has 0 unspecified atom stereocenters. The van der Waals surface area contributed by atoms with Crippen molar-refractivity contribution in [2.45, 2.75) is 33.7 Å². The van der Waals surface area contributed by atoms with Gasteiger partial charge >= 0.3 is 0 Å². The molecule has 0 N–H and O–H groups in total. The second kappa shape index (κ2) is 3.23. The van der Waals surface area contributed by atoms with E-state index in [1.807, 2.05) is 6.21 Å². The summed E-state index contributed by atoms with van der Waals surface area (Å²) in [7, 11) is 0. The molecule has 0 saturated heterocycles. The Labute approximate surface area is 85.9 Å². The molecular weight excluding hydrogens is 170 g/mol. The van der Waals surface area contributed by atoms with Gasteiger partial charge in [-0.3, -0.25) is 4.99 Å². The van der Waals surface area contributed by atoms with E-state index in [-0.39, 0.29) is 0 Å². The molecule has 0 aromatic heterocycles. The van der Waals surface area contributed by atoms with Crippen molar-refractivity contribution in [1.29, 1.82) is 0 Å². The molecule has 0 radical (unpaired) electrons. The summed E-state index contributed by atoms with van der Waals surface area (Å²) in [5, 5.41) is 0. The van der Waals surface area contributed by atoms with Crippen molar-refractivity contribution < 1.29 is 0 Å². The highest BCUT2D eigenvalue weighted by Gasteiger charge is 2.16. The number of hydrogen-bond donors (Lipinski definition) is 0. The largest absolute Gasteiger partial charge is 0.288 e. The molecule has 74 valence electrons. The molecule has 0 spiro atoms. The van der Waals surface area contributed by atoms with E-state index in [0.29, 0.717) is 5.41 Å². The maximum absolute atomic E-state index is 4.32. The molecule has 1 aromatic rings. The maximum Gasteiger partial charge on any atom is 0.0646 e. The second-order valence-electron chi connectivity index (χ2n) is 5.20. The second-order valence-corrected chi connectivity index (χ2v) is 5.20. The molecule has 0 aliphatic carbocycles. The van der Waals surface area contributed by atoms with E-state index in [4.69, 9.17) is 0 Å². The van der Waals surface area contributed by atoms with Gasteiger partial charge in [0.15, 0.2) is 0 Å². The summed E-state index contributed by atoms with van der Waals surface area (Å²) in [6, 6.07) is 6.55. The summed E-state index contributed by atoms with van der Waals surface area (Å²) in [5.74, 6) is 0. The molecule has 1 heterocycles. The van der Waals surface area contributed by atoms with Crippen molar-refractivity contribution in [2.75, 3.05) is 0 Å². The Balaban J connectivity index is 2.35. The molecule has 14 heavy (non-hydrogen) atoms. The lowest BCUT2D eigenvalue weighted by Gasteiger charge is -2.19. The van der Waals surface area contributed by atoms with Crippen molar-refractivity contribution >= 4 is 6.21 Å². The first-order valence-electron chi connectivity index (χ1n) is 5.17. The van der Waals surface area contributed by atoms with E-state index in [9.17, 15) is 0 Å². The highest BCUT2D eigenvalue weighted by molar-refractivity contribution is 5.86. The van der Waals surface area contributed by atoms with E-state index in [1.165, 1.54) is 16.7 Å². The fourth-order valence-corrected chi connectivity index (χ4v) is 1.93. The Morgan fingerprint density at radius 2 is 2.07 bits per heavy atom. The van der Waals surface area contributed by atoms with Gasteiger partial charge in [-0.05, 0) is 23.0 Å². The summed E-state index contributed by atoms with van der Waals surface area (Å²) in [4.78, 5) is 4.32. The van der Waals surface area contributed by atoms with Crippen molar-refractivity contribution in [2.24, 2.45) is 10.4 Å². The SMILES string of the molecule is CC(C)(C)Cc1cccc2c1C=NC2. The van der Waals surface area contributed by atoms with Gasteiger partial charge in [-0.2, -0.15) is 0 Å². The van der Waals surface area contributed by atoms with Crippen molar-refractivity contribution in [1.82, 2.24) is 0 Å². The number of aliphatic imine (C=N–C) groups is 1. The van der Waals surface area contributed by atoms with Gasteiger partial charge in [-0.15, -0.1) is 0 Å². The molecule has 0 saturated carbocycles. The van der Waals surface area contributed by atoms with Gasteiger partial charge in [0.25, 0.3) is 0 Å². The standard InChI is InChI=1S/C13H17N/c1-13(2,3)7-10-5-4-6-11-8-14-9-12(10)11/h4-6,9H,7-8H2,1-3H3. The number of hydrogen-bond acceptors (Lipinski definition) is 1. The van der Waals surface area contributed by atoms with Crippen LogP contribution < -0.4 is 0 Å². The van der Waals surface area contributed by atoms with Crippen molar-refractivity contribution in [3.05, 3.63) is 34.9 Å². The van der Waals surface area contributed by atoms with Gasteiger partial charge in [0.05, 0.1) is 6.54 Å². The maximum atomic E-state index is 4.32. The Morgan fingerprint density at radius 3 is 2.79 bits per heavy atom. The quantitative estimate of drug-likeness (QED) is 0.640. The lowest BCUT2D eigenvalue weighted by atomic mass is 9.85. The molecule has 0 fully saturated rings. The van der Waals surface area contributed by atoms with Crippen LogP contribution in [-0.2, 0) is 13.0 Å². The van der Waals surface area contributed by atoms with Crippen LogP contribution in [0.4, 0.5) is 0 Å². The fraction of sp³-hybridized carbons (Fsp3) is 0.462. The highest BCUT2D eigenvalue weighted by atomic mass is 14.7. The summed E-state index contributed by atoms with van der Waals surface area (Å²) in [5.41, 5.74) is 4.54. The van der Waals surface area contributed by atoms with Crippen LogP contribution in [0.15, 0.2) is 23.2 Å². The molecular formula is C13H17N. The molecule has 2 rings (SSSR count). The lowest BCUT2D eigenvalue weighted by molar-refractivity contribution is 0.411. The summed E-state index contributed by atoms with van der Waals surface area (Å²) >= 11 is 0. The predicted molar refractivity (Wildman–Crippen MR) is 60.9 cm³/mol. The first-order valence-corrected chi connectivity index (χ1v) is 5.17. The van der Waals surface area contributed by atoms with Crippen molar-refractivity contribution in [3.8, 4) is 0 Å².